The molecule has 0 bridgehead atoms. The molecular formula is C30H36N4O2. The van der Waals surface area contributed by atoms with E-state index in [1.807, 2.05) is 39.0 Å². The third-order valence-corrected chi connectivity index (χ3v) is 6.21. The van der Waals surface area contributed by atoms with Crippen LogP contribution >= 0.6 is 0 Å². The van der Waals surface area contributed by atoms with Gasteiger partial charge in [0.2, 0.25) is 0 Å². The average molecular weight is 485 g/mol. The van der Waals surface area contributed by atoms with E-state index in [1.165, 1.54) is 16.7 Å². The first-order valence-corrected chi connectivity index (χ1v) is 12.6. The van der Waals surface area contributed by atoms with Gasteiger partial charge >= 0.3 is 0 Å². The SMILES string of the molecule is C/C(=N\OCC(C)(C)CO/N=C1\CCCc2c(-c3ccccc3)cc(C)nc21)c1cc(C)cc(C)n1. The van der Waals surface area contributed by atoms with Crippen molar-refractivity contribution >= 4 is 11.4 Å². The molecule has 36 heavy (non-hydrogen) atoms. The number of aromatic nitrogens is 2. The van der Waals surface area contributed by atoms with Crippen molar-refractivity contribution in [3.05, 3.63) is 82.4 Å². The summed E-state index contributed by atoms with van der Waals surface area (Å²) in [6, 6.07) is 16.7. The Morgan fingerprint density at radius 1 is 0.917 bits per heavy atom. The fourth-order valence-corrected chi connectivity index (χ4v) is 4.41. The zero-order valence-electron chi connectivity index (χ0n) is 22.3. The number of nitrogens with zero attached hydrogens (tertiary/aromatic N) is 4. The first kappa shape index (κ1) is 25.5. The molecule has 3 aromatic rings. The van der Waals surface area contributed by atoms with Gasteiger partial charge in [0, 0.05) is 16.8 Å². The van der Waals surface area contributed by atoms with Crippen LogP contribution in [0.1, 0.15) is 67.5 Å². The van der Waals surface area contributed by atoms with Gasteiger partial charge in [-0.3, -0.25) is 9.97 Å². The number of oxime groups is 2. The molecule has 188 valence electrons. The summed E-state index contributed by atoms with van der Waals surface area (Å²) in [6.45, 7) is 13.0. The lowest BCUT2D eigenvalue weighted by Crippen LogP contribution is -2.25. The summed E-state index contributed by atoms with van der Waals surface area (Å²) in [6.07, 6.45) is 2.89. The predicted octanol–water partition coefficient (Wildman–Crippen LogP) is 6.59. The van der Waals surface area contributed by atoms with E-state index in [9.17, 15) is 0 Å². The molecule has 0 saturated heterocycles. The molecule has 0 amide bonds. The molecule has 0 aliphatic heterocycles. The molecule has 1 aliphatic carbocycles. The second kappa shape index (κ2) is 11.0. The highest BCUT2D eigenvalue weighted by Crippen LogP contribution is 2.32. The summed E-state index contributed by atoms with van der Waals surface area (Å²) in [7, 11) is 0. The highest BCUT2D eigenvalue weighted by Gasteiger charge is 2.24. The maximum atomic E-state index is 5.86. The number of rotatable bonds is 8. The number of benzene rings is 1. The zero-order valence-corrected chi connectivity index (χ0v) is 22.3. The van der Waals surface area contributed by atoms with Gasteiger partial charge in [-0.05, 0) is 87.4 Å². The molecule has 0 spiro atoms. The smallest absolute Gasteiger partial charge is 0.125 e. The summed E-state index contributed by atoms with van der Waals surface area (Å²) in [5, 5.41) is 8.84. The Kier molecular flexibility index (Phi) is 7.82. The van der Waals surface area contributed by atoms with Crippen LogP contribution < -0.4 is 0 Å². The van der Waals surface area contributed by atoms with Crippen LogP contribution in [-0.4, -0.2) is 34.6 Å². The van der Waals surface area contributed by atoms with Crippen molar-refractivity contribution in [2.45, 2.75) is 60.8 Å². The Bertz CT molecular complexity index is 1260. The molecule has 0 unspecified atom stereocenters. The number of hydrogen-bond acceptors (Lipinski definition) is 6. The molecular weight excluding hydrogens is 448 g/mol. The molecule has 0 radical (unpaired) electrons. The Morgan fingerprint density at radius 3 is 2.39 bits per heavy atom. The summed E-state index contributed by atoms with van der Waals surface area (Å²) < 4.78 is 0. The zero-order chi connectivity index (χ0) is 25.7. The first-order chi connectivity index (χ1) is 17.2. The minimum atomic E-state index is -0.267. The van der Waals surface area contributed by atoms with Gasteiger partial charge in [0.25, 0.3) is 0 Å². The van der Waals surface area contributed by atoms with Crippen LogP contribution in [0.5, 0.6) is 0 Å². The quantitative estimate of drug-likeness (QED) is 0.267. The molecule has 0 N–H and O–H groups in total. The minimum Gasteiger partial charge on any atom is -0.395 e. The van der Waals surface area contributed by atoms with E-state index in [1.54, 1.807) is 0 Å². The number of fused-ring (bicyclic) bond motifs is 1. The second-order valence-electron chi connectivity index (χ2n) is 10.5. The Balaban J connectivity index is 1.42. The van der Waals surface area contributed by atoms with Crippen LogP contribution in [0.15, 0.2) is 58.8 Å². The van der Waals surface area contributed by atoms with Crippen molar-refractivity contribution in [1.29, 1.82) is 0 Å². The van der Waals surface area contributed by atoms with Gasteiger partial charge < -0.3 is 9.68 Å². The molecule has 0 fully saturated rings. The molecule has 0 atom stereocenters. The average Bonchev–Trinajstić information content (AvgIpc) is 2.83. The largest absolute Gasteiger partial charge is 0.395 e. The molecule has 1 aliphatic rings. The molecule has 0 saturated carbocycles. The highest BCUT2D eigenvalue weighted by molar-refractivity contribution is 6.02. The summed E-state index contributed by atoms with van der Waals surface area (Å²) in [5.41, 5.74) is 10.0. The van der Waals surface area contributed by atoms with E-state index in [0.29, 0.717) is 13.2 Å². The molecule has 6 heteroatoms. The topological polar surface area (TPSA) is 69.0 Å². The Labute approximate surface area is 214 Å². The summed E-state index contributed by atoms with van der Waals surface area (Å²) in [4.78, 5) is 20.9. The van der Waals surface area contributed by atoms with Crippen molar-refractivity contribution in [1.82, 2.24) is 9.97 Å². The van der Waals surface area contributed by atoms with Crippen molar-refractivity contribution in [3.8, 4) is 11.1 Å². The first-order valence-electron chi connectivity index (χ1n) is 12.6. The Hall–Kier alpha value is -3.54. The maximum Gasteiger partial charge on any atom is 0.125 e. The van der Waals surface area contributed by atoms with E-state index in [0.717, 1.165) is 59.0 Å². The van der Waals surface area contributed by atoms with Gasteiger partial charge in [0.1, 0.15) is 24.6 Å². The van der Waals surface area contributed by atoms with Crippen LogP contribution in [0.3, 0.4) is 0 Å². The summed E-state index contributed by atoms with van der Waals surface area (Å²) in [5.74, 6) is 0. The van der Waals surface area contributed by atoms with Gasteiger partial charge in [-0.15, -0.1) is 0 Å². The Morgan fingerprint density at radius 2 is 1.64 bits per heavy atom. The van der Waals surface area contributed by atoms with E-state index < -0.39 is 0 Å². The van der Waals surface area contributed by atoms with E-state index in [2.05, 4.69) is 66.4 Å². The van der Waals surface area contributed by atoms with Crippen molar-refractivity contribution in [2.24, 2.45) is 15.7 Å². The molecule has 1 aromatic carbocycles. The highest BCUT2D eigenvalue weighted by atomic mass is 16.6. The standard InChI is InChI=1S/C30H36N4O2/c1-20-15-21(2)31-28(16-20)23(4)33-35-18-30(5,6)19-36-34-27-14-10-13-25-26(17-22(3)32-29(25)27)24-11-8-7-9-12-24/h7-9,11-12,15-17H,10,13-14,18-19H2,1-6H3/b33-23+,34-27+. The van der Waals surface area contributed by atoms with Gasteiger partial charge in [-0.1, -0.05) is 54.5 Å². The summed E-state index contributed by atoms with van der Waals surface area (Å²) >= 11 is 0. The third-order valence-electron chi connectivity index (χ3n) is 6.21. The predicted molar refractivity (Wildman–Crippen MR) is 145 cm³/mol. The van der Waals surface area contributed by atoms with E-state index in [-0.39, 0.29) is 5.41 Å². The lowest BCUT2D eigenvalue weighted by Gasteiger charge is -2.23. The minimum absolute atomic E-state index is 0.267. The van der Waals surface area contributed by atoms with Crippen molar-refractivity contribution in [2.75, 3.05) is 13.2 Å². The van der Waals surface area contributed by atoms with Crippen LogP contribution in [0.2, 0.25) is 0 Å². The lowest BCUT2D eigenvalue weighted by molar-refractivity contribution is -0.000158. The van der Waals surface area contributed by atoms with Gasteiger partial charge in [-0.2, -0.15) is 0 Å². The molecule has 6 nitrogen and oxygen atoms in total. The van der Waals surface area contributed by atoms with E-state index >= 15 is 0 Å². The van der Waals surface area contributed by atoms with Gasteiger partial charge in [-0.25, -0.2) is 0 Å². The molecule has 2 aromatic heterocycles. The van der Waals surface area contributed by atoms with Gasteiger partial charge in [0.15, 0.2) is 0 Å². The number of hydrogen-bond donors (Lipinski definition) is 0. The van der Waals surface area contributed by atoms with Crippen molar-refractivity contribution in [3.63, 3.8) is 0 Å². The van der Waals surface area contributed by atoms with Crippen LogP contribution in [-0.2, 0) is 16.1 Å². The second-order valence-corrected chi connectivity index (χ2v) is 10.5. The van der Waals surface area contributed by atoms with E-state index in [4.69, 9.17) is 14.7 Å². The normalized spacial score (nSPS) is 15.1. The number of pyridine rings is 2. The molecule has 2 heterocycles. The monoisotopic (exact) mass is 484 g/mol. The molecule has 4 rings (SSSR count). The fraction of sp³-hybridized carbons (Fsp3) is 0.400. The number of aryl methyl sites for hydroxylation is 3. The lowest BCUT2D eigenvalue weighted by atomic mass is 9.88. The van der Waals surface area contributed by atoms with Crippen LogP contribution in [0, 0.1) is 26.2 Å². The van der Waals surface area contributed by atoms with Gasteiger partial charge in [0.05, 0.1) is 11.4 Å². The fourth-order valence-electron chi connectivity index (χ4n) is 4.41. The van der Waals surface area contributed by atoms with Crippen LogP contribution in [0.25, 0.3) is 11.1 Å². The van der Waals surface area contributed by atoms with Crippen LogP contribution in [0.4, 0.5) is 0 Å². The maximum absolute atomic E-state index is 5.86. The third kappa shape index (κ3) is 6.36. The van der Waals surface area contributed by atoms with Crippen molar-refractivity contribution < 1.29 is 9.68 Å².